The molecule has 0 spiro atoms. The Bertz CT molecular complexity index is 626. The van der Waals surface area contributed by atoms with Gasteiger partial charge in [0, 0.05) is 18.7 Å². The summed E-state index contributed by atoms with van der Waals surface area (Å²) in [5.74, 6) is 0.862. The summed E-state index contributed by atoms with van der Waals surface area (Å²) in [5.41, 5.74) is 8.47. The number of hydrogen-bond donors (Lipinski definition) is 2. The quantitative estimate of drug-likeness (QED) is 0.771. The Morgan fingerprint density at radius 1 is 1.18 bits per heavy atom. The normalized spacial score (nSPS) is 10.3. The third kappa shape index (κ3) is 4.90. The Morgan fingerprint density at radius 2 is 2.00 bits per heavy atom. The Hall–Kier alpha value is -2.33. The second kappa shape index (κ2) is 8.20. The number of nitrogens with one attached hydrogen (secondary N) is 1. The molecule has 0 heterocycles. The largest absolute Gasteiger partial charge is 0.493 e. The predicted molar refractivity (Wildman–Crippen MR) is 88.9 cm³/mol. The zero-order valence-electron chi connectivity index (χ0n) is 12.8. The zero-order valence-corrected chi connectivity index (χ0v) is 12.8. The molecule has 0 aliphatic heterocycles. The lowest BCUT2D eigenvalue weighted by Crippen LogP contribution is -2.13. The maximum absolute atomic E-state index is 11.9. The van der Waals surface area contributed by atoms with Gasteiger partial charge in [0.05, 0.1) is 6.61 Å². The molecule has 0 radical (unpaired) electrons. The molecular weight excluding hydrogens is 276 g/mol. The maximum atomic E-state index is 11.9. The van der Waals surface area contributed by atoms with Crippen molar-refractivity contribution in [1.82, 2.24) is 0 Å². The molecule has 2 rings (SSSR count). The number of rotatable bonds is 7. The van der Waals surface area contributed by atoms with Gasteiger partial charge in [-0.05, 0) is 42.7 Å². The average Bonchev–Trinajstić information content (AvgIpc) is 2.53. The molecule has 2 aromatic rings. The van der Waals surface area contributed by atoms with E-state index in [2.05, 4.69) is 5.32 Å². The lowest BCUT2D eigenvalue weighted by Gasteiger charge is -2.09. The number of aryl methyl sites for hydroxylation is 1. The molecule has 4 nitrogen and oxygen atoms in total. The molecular formula is C18H22N2O2. The van der Waals surface area contributed by atoms with E-state index in [0.717, 1.165) is 22.6 Å². The van der Waals surface area contributed by atoms with E-state index in [1.54, 1.807) is 0 Å². The highest BCUT2D eigenvalue weighted by atomic mass is 16.5. The number of nitrogens with two attached hydrogens (primary N) is 1. The van der Waals surface area contributed by atoms with Crippen LogP contribution in [0, 0.1) is 6.92 Å². The molecule has 0 atom stereocenters. The lowest BCUT2D eigenvalue weighted by molar-refractivity contribution is -0.116. The van der Waals surface area contributed by atoms with Gasteiger partial charge in [-0.15, -0.1) is 0 Å². The highest BCUT2D eigenvalue weighted by molar-refractivity contribution is 5.90. The number of amides is 1. The van der Waals surface area contributed by atoms with E-state index in [1.165, 1.54) is 0 Å². The van der Waals surface area contributed by atoms with Gasteiger partial charge in [0.15, 0.2) is 0 Å². The van der Waals surface area contributed by atoms with Crippen LogP contribution in [0.4, 0.5) is 5.69 Å². The van der Waals surface area contributed by atoms with Crippen LogP contribution in [-0.2, 0) is 11.3 Å². The summed E-state index contributed by atoms with van der Waals surface area (Å²) >= 11 is 0. The minimum atomic E-state index is -0.0115. The summed E-state index contributed by atoms with van der Waals surface area (Å²) in [4.78, 5) is 11.9. The Labute approximate surface area is 131 Å². The molecule has 116 valence electrons. The Morgan fingerprint density at radius 3 is 2.77 bits per heavy atom. The van der Waals surface area contributed by atoms with E-state index in [0.29, 0.717) is 26.0 Å². The third-order valence-corrected chi connectivity index (χ3v) is 3.35. The summed E-state index contributed by atoms with van der Waals surface area (Å²) in [7, 11) is 0. The fraction of sp³-hybridized carbons (Fsp3) is 0.278. The van der Waals surface area contributed by atoms with Gasteiger partial charge in [-0.1, -0.05) is 30.3 Å². The van der Waals surface area contributed by atoms with E-state index in [4.69, 9.17) is 10.5 Å². The number of carbonyl (C=O) groups excluding carboxylic acids is 1. The smallest absolute Gasteiger partial charge is 0.224 e. The van der Waals surface area contributed by atoms with Crippen LogP contribution in [0.3, 0.4) is 0 Å². The first kappa shape index (κ1) is 16.0. The molecule has 0 unspecified atom stereocenters. The van der Waals surface area contributed by atoms with Crippen LogP contribution in [0.25, 0.3) is 0 Å². The van der Waals surface area contributed by atoms with Gasteiger partial charge in [-0.25, -0.2) is 0 Å². The van der Waals surface area contributed by atoms with E-state index >= 15 is 0 Å². The van der Waals surface area contributed by atoms with Gasteiger partial charge in [-0.2, -0.15) is 0 Å². The van der Waals surface area contributed by atoms with Crippen molar-refractivity contribution < 1.29 is 9.53 Å². The number of hydrogen-bond acceptors (Lipinski definition) is 3. The van der Waals surface area contributed by atoms with Crippen molar-refractivity contribution in [3.63, 3.8) is 0 Å². The van der Waals surface area contributed by atoms with E-state index in [9.17, 15) is 4.79 Å². The molecule has 0 aromatic heterocycles. The van der Waals surface area contributed by atoms with Crippen molar-refractivity contribution in [1.29, 1.82) is 0 Å². The second-order valence-corrected chi connectivity index (χ2v) is 5.17. The standard InChI is InChI=1S/C18H22N2O2/c1-14-6-2-3-9-17(14)22-11-5-10-18(21)20-16-8-4-7-15(12-16)13-19/h2-4,6-9,12H,5,10-11,13,19H2,1H3,(H,20,21). The van der Waals surface area contributed by atoms with Crippen molar-refractivity contribution >= 4 is 11.6 Å². The fourth-order valence-electron chi connectivity index (χ4n) is 2.13. The molecule has 4 heteroatoms. The fourth-order valence-corrected chi connectivity index (χ4v) is 2.13. The molecule has 0 bridgehead atoms. The van der Waals surface area contributed by atoms with Gasteiger partial charge in [-0.3, -0.25) is 4.79 Å². The highest BCUT2D eigenvalue weighted by Gasteiger charge is 2.04. The first-order chi connectivity index (χ1) is 10.7. The van der Waals surface area contributed by atoms with Gasteiger partial charge >= 0.3 is 0 Å². The topological polar surface area (TPSA) is 64.3 Å². The maximum Gasteiger partial charge on any atom is 0.224 e. The van der Waals surface area contributed by atoms with Crippen LogP contribution >= 0.6 is 0 Å². The van der Waals surface area contributed by atoms with Crippen LogP contribution in [0.15, 0.2) is 48.5 Å². The summed E-state index contributed by atoms with van der Waals surface area (Å²) in [6.07, 6.45) is 1.11. The van der Waals surface area contributed by atoms with E-state index < -0.39 is 0 Å². The summed E-state index contributed by atoms with van der Waals surface area (Å²) in [6.45, 7) is 3.00. The molecule has 22 heavy (non-hydrogen) atoms. The summed E-state index contributed by atoms with van der Waals surface area (Å²) in [5, 5.41) is 2.88. The number of ether oxygens (including phenoxy) is 1. The molecule has 0 fully saturated rings. The van der Waals surface area contributed by atoms with Crippen LogP contribution < -0.4 is 15.8 Å². The van der Waals surface area contributed by atoms with Crippen molar-refractivity contribution in [2.24, 2.45) is 5.73 Å². The predicted octanol–water partition coefficient (Wildman–Crippen LogP) is 3.25. The molecule has 3 N–H and O–H groups in total. The van der Waals surface area contributed by atoms with Crippen LogP contribution in [0.5, 0.6) is 5.75 Å². The van der Waals surface area contributed by atoms with Gasteiger partial charge in [0.2, 0.25) is 5.91 Å². The minimum Gasteiger partial charge on any atom is -0.493 e. The van der Waals surface area contributed by atoms with E-state index in [1.807, 2.05) is 55.5 Å². The lowest BCUT2D eigenvalue weighted by atomic mass is 10.2. The summed E-state index contributed by atoms with van der Waals surface area (Å²) in [6, 6.07) is 15.4. The van der Waals surface area contributed by atoms with Gasteiger partial charge in [0.1, 0.15) is 5.75 Å². The first-order valence-corrected chi connectivity index (χ1v) is 7.46. The molecule has 2 aromatic carbocycles. The third-order valence-electron chi connectivity index (χ3n) is 3.35. The molecule has 0 saturated heterocycles. The molecule has 0 saturated carbocycles. The number of benzene rings is 2. The minimum absolute atomic E-state index is 0.0115. The first-order valence-electron chi connectivity index (χ1n) is 7.46. The van der Waals surface area contributed by atoms with Gasteiger partial charge in [0.25, 0.3) is 0 Å². The Balaban J connectivity index is 1.73. The van der Waals surface area contributed by atoms with Crippen LogP contribution in [0.1, 0.15) is 24.0 Å². The zero-order chi connectivity index (χ0) is 15.8. The Kier molecular flexibility index (Phi) is 5.98. The number of anilines is 1. The van der Waals surface area contributed by atoms with Crippen molar-refractivity contribution in [3.8, 4) is 5.75 Å². The SMILES string of the molecule is Cc1ccccc1OCCCC(=O)Nc1cccc(CN)c1. The number of para-hydroxylation sites is 1. The van der Waals surface area contributed by atoms with Crippen LogP contribution in [0.2, 0.25) is 0 Å². The molecule has 0 aliphatic rings. The monoisotopic (exact) mass is 298 g/mol. The summed E-state index contributed by atoms with van der Waals surface area (Å²) < 4.78 is 5.68. The second-order valence-electron chi connectivity index (χ2n) is 5.17. The highest BCUT2D eigenvalue weighted by Crippen LogP contribution is 2.16. The van der Waals surface area contributed by atoms with Crippen molar-refractivity contribution in [2.45, 2.75) is 26.3 Å². The van der Waals surface area contributed by atoms with Gasteiger partial charge < -0.3 is 15.8 Å². The average molecular weight is 298 g/mol. The van der Waals surface area contributed by atoms with Crippen molar-refractivity contribution in [2.75, 3.05) is 11.9 Å². The van der Waals surface area contributed by atoms with Crippen molar-refractivity contribution in [3.05, 3.63) is 59.7 Å². The van der Waals surface area contributed by atoms with Crippen LogP contribution in [-0.4, -0.2) is 12.5 Å². The van der Waals surface area contributed by atoms with E-state index in [-0.39, 0.29) is 5.91 Å². The number of carbonyl (C=O) groups is 1. The molecule has 0 aliphatic carbocycles. The molecule has 1 amide bonds.